The van der Waals surface area contributed by atoms with E-state index in [2.05, 4.69) is 211 Å². The summed E-state index contributed by atoms with van der Waals surface area (Å²) in [5.41, 5.74) is 12.5. The number of thiophene rings is 2. The fourth-order valence-electron chi connectivity index (χ4n) is 10.5. The lowest BCUT2D eigenvalue weighted by atomic mass is 9.99. The van der Waals surface area contributed by atoms with Gasteiger partial charge in [-0.2, -0.15) is 0 Å². The van der Waals surface area contributed by atoms with E-state index in [1.165, 1.54) is 67.8 Å². The first-order chi connectivity index (χ1) is 34.6. The topological polar surface area (TPSA) is 56.7 Å². The third kappa shape index (κ3) is 6.19. The van der Waals surface area contributed by atoms with Gasteiger partial charge < -0.3 is 8.98 Å². The van der Waals surface area contributed by atoms with Crippen molar-refractivity contribution in [2.75, 3.05) is 0 Å². The first-order valence-corrected chi connectivity index (χ1v) is 25.0. The molecular formula is C63H36N4OS2. The van der Waals surface area contributed by atoms with Gasteiger partial charge in [0.1, 0.15) is 11.2 Å². The minimum absolute atomic E-state index is 0.595. The van der Waals surface area contributed by atoms with Crippen molar-refractivity contribution in [3.63, 3.8) is 0 Å². The Bertz CT molecular complexity index is 4470. The Labute approximate surface area is 408 Å². The predicted octanol–water partition coefficient (Wildman–Crippen LogP) is 17.9. The fraction of sp³-hybridized carbons (Fsp3) is 0. The van der Waals surface area contributed by atoms with Gasteiger partial charge in [0.25, 0.3) is 0 Å². The van der Waals surface area contributed by atoms with Gasteiger partial charge in [0.15, 0.2) is 17.5 Å². The number of fused-ring (bicyclic) bond motifs is 12. The van der Waals surface area contributed by atoms with E-state index in [0.717, 1.165) is 61.0 Å². The minimum atomic E-state index is 0.595. The molecule has 10 aromatic carbocycles. The number of nitrogens with zero attached hydrogens (tertiary/aromatic N) is 4. The molecule has 0 atom stereocenters. The second-order valence-corrected chi connectivity index (χ2v) is 20.1. The summed E-state index contributed by atoms with van der Waals surface area (Å²) in [4.78, 5) is 15.9. The quantitative estimate of drug-likeness (QED) is 0.167. The van der Waals surface area contributed by atoms with Crippen molar-refractivity contribution in [3.05, 3.63) is 218 Å². The van der Waals surface area contributed by atoms with E-state index in [1.807, 2.05) is 12.1 Å². The van der Waals surface area contributed by atoms with E-state index in [9.17, 15) is 0 Å². The van der Waals surface area contributed by atoms with E-state index < -0.39 is 0 Å². The van der Waals surface area contributed by atoms with Gasteiger partial charge in [-0.25, -0.2) is 15.0 Å². The number of para-hydroxylation sites is 1. The van der Waals surface area contributed by atoms with Crippen LogP contribution >= 0.6 is 22.7 Å². The Hall–Kier alpha value is -8.75. The van der Waals surface area contributed by atoms with Crippen molar-refractivity contribution in [2.45, 2.75) is 0 Å². The highest BCUT2D eigenvalue weighted by Crippen LogP contribution is 2.42. The van der Waals surface area contributed by atoms with Crippen LogP contribution in [0, 0.1) is 0 Å². The van der Waals surface area contributed by atoms with Crippen molar-refractivity contribution >= 4 is 107 Å². The second-order valence-electron chi connectivity index (χ2n) is 17.9. The smallest absolute Gasteiger partial charge is 0.164 e. The summed E-state index contributed by atoms with van der Waals surface area (Å²) < 4.78 is 13.9. The van der Waals surface area contributed by atoms with E-state index in [4.69, 9.17) is 19.4 Å². The maximum Gasteiger partial charge on any atom is 0.164 e. The van der Waals surface area contributed by atoms with E-state index in [-0.39, 0.29) is 0 Å². The molecule has 5 heterocycles. The zero-order valence-electron chi connectivity index (χ0n) is 37.3. The average molecular weight is 929 g/mol. The summed E-state index contributed by atoms with van der Waals surface area (Å²) in [5.74, 6) is 1.85. The molecule has 0 unspecified atom stereocenters. The van der Waals surface area contributed by atoms with Crippen molar-refractivity contribution in [1.82, 2.24) is 19.5 Å². The van der Waals surface area contributed by atoms with Crippen LogP contribution in [0.25, 0.3) is 146 Å². The zero-order valence-corrected chi connectivity index (χ0v) is 38.9. The van der Waals surface area contributed by atoms with E-state index in [1.54, 1.807) is 22.7 Å². The van der Waals surface area contributed by atoms with Crippen LogP contribution in [0.4, 0.5) is 0 Å². The van der Waals surface area contributed by atoms with Gasteiger partial charge in [-0.1, -0.05) is 146 Å². The lowest BCUT2D eigenvalue weighted by Gasteiger charge is -2.10. The highest BCUT2D eigenvalue weighted by Gasteiger charge is 2.21. The minimum Gasteiger partial charge on any atom is -0.456 e. The first-order valence-electron chi connectivity index (χ1n) is 23.4. The summed E-state index contributed by atoms with van der Waals surface area (Å²) in [6, 6.07) is 78.1. The summed E-state index contributed by atoms with van der Waals surface area (Å²) in [7, 11) is 0. The van der Waals surface area contributed by atoms with Crippen LogP contribution in [-0.2, 0) is 0 Å². The molecule has 15 rings (SSSR count). The van der Waals surface area contributed by atoms with Crippen molar-refractivity contribution in [3.8, 4) is 62.1 Å². The standard InChI is InChI=1S/C63H36N4OS2/c1-2-11-37(12-3-1)38-21-27-43(28-22-38)67-52-17-7-4-13-44(52)50-33-39(25-31-53(50)67)40-26-32-54-51(34-40)60-49(16-10-18-55(60)68-54)63-65-61(41-23-29-47-45-14-5-8-19-56(45)69-58(47)35-41)64-62(66-63)42-24-30-48-46-15-6-9-20-57(46)70-59(48)36-42/h1-36H. The SMILES string of the molecule is c1ccc(-c2ccc(-n3c4ccccc4c4cc(-c5ccc6oc7cccc(-c8nc(-c9ccc%10c(c9)sc9ccccc9%10)nc(-c9ccc%10c(c9)sc9ccccc9%10)n8)c7c6c5)ccc43)cc2)cc1. The highest BCUT2D eigenvalue weighted by atomic mass is 32.1. The molecule has 0 radical (unpaired) electrons. The molecule has 5 nitrogen and oxygen atoms in total. The van der Waals surface area contributed by atoms with Crippen LogP contribution in [0.5, 0.6) is 0 Å². The second kappa shape index (κ2) is 15.4. The fourth-order valence-corrected chi connectivity index (χ4v) is 12.8. The van der Waals surface area contributed by atoms with Crippen molar-refractivity contribution in [1.29, 1.82) is 0 Å². The molecule has 0 amide bonds. The number of hydrogen-bond acceptors (Lipinski definition) is 6. The van der Waals surface area contributed by atoms with Crippen LogP contribution < -0.4 is 0 Å². The predicted molar refractivity (Wildman–Crippen MR) is 294 cm³/mol. The number of benzene rings is 10. The molecule has 0 aliphatic heterocycles. The van der Waals surface area contributed by atoms with Crippen LogP contribution in [0.15, 0.2) is 223 Å². The molecule has 70 heavy (non-hydrogen) atoms. The Morgan fingerprint density at radius 2 is 0.843 bits per heavy atom. The Balaban J connectivity index is 0.881. The molecule has 7 heteroatoms. The lowest BCUT2D eigenvalue weighted by molar-refractivity contribution is 0.669. The van der Waals surface area contributed by atoms with Crippen LogP contribution in [0.2, 0.25) is 0 Å². The average Bonchev–Trinajstić information content (AvgIpc) is 4.19. The molecule has 5 aromatic heterocycles. The number of hydrogen-bond donors (Lipinski definition) is 0. The number of furan rings is 1. The van der Waals surface area contributed by atoms with Crippen molar-refractivity contribution < 1.29 is 4.42 Å². The summed E-state index contributed by atoms with van der Waals surface area (Å²) >= 11 is 3.59. The maximum atomic E-state index is 6.63. The molecule has 0 aliphatic rings. The van der Waals surface area contributed by atoms with Gasteiger partial charge in [-0.05, 0) is 95.1 Å². The molecule has 0 fully saturated rings. The molecule has 326 valence electrons. The molecule has 0 aliphatic carbocycles. The number of aromatic nitrogens is 4. The zero-order chi connectivity index (χ0) is 45.9. The van der Waals surface area contributed by atoms with Gasteiger partial charge >= 0.3 is 0 Å². The molecule has 0 spiro atoms. The van der Waals surface area contributed by atoms with E-state index in [0.29, 0.717) is 17.5 Å². The molecular weight excluding hydrogens is 893 g/mol. The molecule has 0 bridgehead atoms. The summed E-state index contributed by atoms with van der Waals surface area (Å²) in [6.45, 7) is 0. The molecule has 0 saturated carbocycles. The Morgan fingerprint density at radius 3 is 1.54 bits per heavy atom. The largest absolute Gasteiger partial charge is 0.456 e. The van der Waals surface area contributed by atoms with Gasteiger partial charge in [0, 0.05) is 84.3 Å². The molecule has 0 saturated heterocycles. The third-order valence-corrected chi connectivity index (χ3v) is 16.2. The first kappa shape index (κ1) is 39.3. The van der Waals surface area contributed by atoms with Crippen LogP contribution in [-0.4, -0.2) is 19.5 Å². The normalized spacial score (nSPS) is 12.0. The lowest BCUT2D eigenvalue weighted by Crippen LogP contribution is -2.00. The summed E-state index contributed by atoms with van der Waals surface area (Å²) in [5, 5.41) is 9.38. The van der Waals surface area contributed by atoms with Crippen molar-refractivity contribution in [2.24, 2.45) is 0 Å². The van der Waals surface area contributed by atoms with Gasteiger partial charge in [0.2, 0.25) is 0 Å². The van der Waals surface area contributed by atoms with Crippen LogP contribution in [0.3, 0.4) is 0 Å². The number of rotatable bonds is 6. The monoisotopic (exact) mass is 928 g/mol. The molecule has 0 N–H and O–H groups in total. The third-order valence-electron chi connectivity index (χ3n) is 13.9. The maximum absolute atomic E-state index is 6.63. The van der Waals surface area contributed by atoms with Gasteiger partial charge in [0.05, 0.1) is 11.0 Å². The highest BCUT2D eigenvalue weighted by molar-refractivity contribution is 7.26. The van der Waals surface area contributed by atoms with Gasteiger partial charge in [-0.3, -0.25) is 0 Å². The Kier molecular flexibility index (Phi) is 8.63. The summed E-state index contributed by atoms with van der Waals surface area (Å²) in [6.07, 6.45) is 0. The Morgan fingerprint density at radius 1 is 0.314 bits per heavy atom. The molecule has 15 aromatic rings. The van der Waals surface area contributed by atoms with E-state index >= 15 is 0 Å². The van der Waals surface area contributed by atoms with Gasteiger partial charge in [-0.15, -0.1) is 22.7 Å². The van der Waals surface area contributed by atoms with Crippen LogP contribution in [0.1, 0.15) is 0 Å².